The van der Waals surface area contributed by atoms with Crippen LogP contribution in [0.2, 0.25) is 0 Å². The quantitative estimate of drug-likeness (QED) is 0.448. The molecule has 0 heterocycles. The van der Waals surface area contributed by atoms with E-state index in [0.29, 0.717) is 12.6 Å². The lowest BCUT2D eigenvalue weighted by Crippen LogP contribution is -2.26. The molecule has 2 N–H and O–H groups in total. The number of hydrogen-bond acceptors (Lipinski definition) is 5. The molecule has 0 saturated carbocycles. The highest BCUT2D eigenvalue weighted by Crippen LogP contribution is 2.25. The third-order valence-electron chi connectivity index (χ3n) is 2.30. The number of sulfonamides is 1. The SMILES string of the molecule is CCNCCS(=O)(=O)Nc1cc([N+](=O)[O-])c(F)cc1F. The number of hydrogen-bond donors (Lipinski definition) is 2. The van der Waals surface area contributed by atoms with Crippen LogP contribution >= 0.6 is 0 Å². The molecular formula is C10H13F2N3O4S. The minimum Gasteiger partial charge on any atom is -0.316 e. The summed E-state index contributed by atoms with van der Waals surface area (Å²) in [5.41, 5.74) is -1.66. The van der Waals surface area contributed by atoms with Crippen molar-refractivity contribution in [3.8, 4) is 0 Å². The minimum absolute atomic E-state index is 0.136. The van der Waals surface area contributed by atoms with Gasteiger partial charge in [0.15, 0.2) is 5.82 Å². The van der Waals surface area contributed by atoms with E-state index in [4.69, 9.17) is 0 Å². The molecule has 0 aliphatic carbocycles. The molecule has 1 rings (SSSR count). The molecule has 0 bridgehead atoms. The number of nitro groups is 1. The van der Waals surface area contributed by atoms with Crippen LogP contribution in [0, 0.1) is 21.7 Å². The van der Waals surface area contributed by atoms with E-state index in [1.807, 2.05) is 4.72 Å². The van der Waals surface area contributed by atoms with Crippen LogP contribution in [0.1, 0.15) is 6.92 Å². The number of halogens is 2. The molecule has 20 heavy (non-hydrogen) atoms. The smallest absolute Gasteiger partial charge is 0.307 e. The topological polar surface area (TPSA) is 101 Å². The van der Waals surface area contributed by atoms with Crippen LogP contribution in [-0.4, -0.2) is 32.2 Å². The fraction of sp³-hybridized carbons (Fsp3) is 0.400. The van der Waals surface area contributed by atoms with E-state index < -0.39 is 38.0 Å². The number of benzene rings is 1. The maximum Gasteiger partial charge on any atom is 0.307 e. The second-order valence-electron chi connectivity index (χ2n) is 3.82. The Morgan fingerprint density at radius 1 is 1.30 bits per heavy atom. The summed E-state index contributed by atoms with van der Waals surface area (Å²) in [6.45, 7) is 2.48. The van der Waals surface area contributed by atoms with Crippen LogP contribution in [0.15, 0.2) is 12.1 Å². The lowest BCUT2D eigenvalue weighted by Gasteiger charge is -2.09. The number of nitrogens with one attached hydrogen (secondary N) is 2. The van der Waals surface area contributed by atoms with E-state index in [9.17, 15) is 27.3 Å². The second-order valence-corrected chi connectivity index (χ2v) is 5.66. The summed E-state index contributed by atoms with van der Waals surface area (Å²) >= 11 is 0. The van der Waals surface area contributed by atoms with Crippen molar-refractivity contribution in [2.45, 2.75) is 6.92 Å². The molecule has 0 radical (unpaired) electrons. The van der Waals surface area contributed by atoms with Crippen LogP contribution in [0.3, 0.4) is 0 Å². The number of nitro benzene ring substituents is 1. The molecule has 0 fully saturated rings. The summed E-state index contributed by atoms with van der Waals surface area (Å²) < 4.78 is 51.6. The van der Waals surface area contributed by atoms with Gasteiger partial charge in [-0.2, -0.15) is 4.39 Å². The van der Waals surface area contributed by atoms with Crippen LogP contribution in [0.5, 0.6) is 0 Å². The molecule has 0 aliphatic rings. The van der Waals surface area contributed by atoms with Gasteiger partial charge in [-0.1, -0.05) is 6.92 Å². The van der Waals surface area contributed by atoms with Gasteiger partial charge in [-0.3, -0.25) is 14.8 Å². The number of anilines is 1. The molecule has 0 aliphatic heterocycles. The van der Waals surface area contributed by atoms with E-state index in [2.05, 4.69) is 5.32 Å². The maximum atomic E-state index is 13.4. The summed E-state index contributed by atoms with van der Waals surface area (Å²) in [4.78, 5) is 9.45. The van der Waals surface area contributed by atoms with Crippen molar-refractivity contribution >= 4 is 21.4 Å². The lowest BCUT2D eigenvalue weighted by atomic mass is 10.2. The predicted octanol–water partition coefficient (Wildman–Crippen LogP) is 1.22. The van der Waals surface area contributed by atoms with E-state index >= 15 is 0 Å². The van der Waals surface area contributed by atoms with Crippen LogP contribution < -0.4 is 10.0 Å². The van der Waals surface area contributed by atoms with Gasteiger partial charge in [0, 0.05) is 18.7 Å². The third-order valence-corrected chi connectivity index (χ3v) is 3.57. The Morgan fingerprint density at radius 2 is 1.95 bits per heavy atom. The van der Waals surface area contributed by atoms with Gasteiger partial charge in [0.2, 0.25) is 15.8 Å². The summed E-state index contributed by atoms with van der Waals surface area (Å²) in [7, 11) is -3.88. The lowest BCUT2D eigenvalue weighted by molar-refractivity contribution is -0.387. The first-order chi connectivity index (χ1) is 9.26. The van der Waals surface area contributed by atoms with Gasteiger partial charge < -0.3 is 5.32 Å². The predicted molar refractivity (Wildman–Crippen MR) is 69.0 cm³/mol. The second kappa shape index (κ2) is 6.57. The summed E-state index contributed by atoms with van der Waals surface area (Å²) in [5.74, 6) is -2.94. The molecule has 0 amide bonds. The molecular weight excluding hydrogens is 296 g/mol. The van der Waals surface area contributed by atoms with Crippen LogP contribution in [-0.2, 0) is 10.0 Å². The van der Waals surface area contributed by atoms with Gasteiger partial charge in [0.1, 0.15) is 0 Å². The normalized spacial score (nSPS) is 11.3. The average molecular weight is 309 g/mol. The van der Waals surface area contributed by atoms with Crippen LogP contribution in [0.4, 0.5) is 20.2 Å². The Bertz CT molecular complexity index is 607. The molecule has 0 atom stereocenters. The van der Waals surface area contributed by atoms with Crippen molar-refractivity contribution < 1.29 is 22.1 Å². The molecule has 112 valence electrons. The molecule has 7 nitrogen and oxygen atoms in total. The van der Waals surface area contributed by atoms with Crippen molar-refractivity contribution in [2.24, 2.45) is 0 Å². The number of rotatable bonds is 7. The highest BCUT2D eigenvalue weighted by Gasteiger charge is 2.21. The summed E-state index contributed by atoms with van der Waals surface area (Å²) in [5, 5.41) is 13.3. The molecule has 0 aromatic heterocycles. The summed E-state index contributed by atoms with van der Waals surface area (Å²) in [6.07, 6.45) is 0. The average Bonchev–Trinajstić information content (AvgIpc) is 2.32. The van der Waals surface area contributed by atoms with Gasteiger partial charge in [0.05, 0.1) is 16.4 Å². The van der Waals surface area contributed by atoms with Crippen molar-refractivity contribution in [3.63, 3.8) is 0 Å². The van der Waals surface area contributed by atoms with E-state index in [0.717, 1.165) is 0 Å². The Balaban J connectivity index is 2.97. The zero-order chi connectivity index (χ0) is 15.3. The third kappa shape index (κ3) is 4.38. The zero-order valence-corrected chi connectivity index (χ0v) is 11.3. The maximum absolute atomic E-state index is 13.4. The first kappa shape index (κ1) is 16.2. The molecule has 1 aromatic rings. The monoisotopic (exact) mass is 309 g/mol. The Morgan fingerprint density at radius 3 is 2.50 bits per heavy atom. The van der Waals surface area contributed by atoms with Gasteiger partial charge in [0.25, 0.3) is 0 Å². The molecule has 0 unspecified atom stereocenters. The van der Waals surface area contributed by atoms with Crippen LogP contribution in [0.25, 0.3) is 0 Å². The Hall–Kier alpha value is -1.81. The van der Waals surface area contributed by atoms with Gasteiger partial charge in [-0.25, -0.2) is 12.8 Å². The molecule has 0 spiro atoms. The van der Waals surface area contributed by atoms with Crippen molar-refractivity contribution in [2.75, 3.05) is 23.6 Å². The fourth-order valence-electron chi connectivity index (χ4n) is 1.36. The Labute approximate surface area is 114 Å². The largest absolute Gasteiger partial charge is 0.316 e. The Kier molecular flexibility index (Phi) is 5.34. The standard InChI is InChI=1S/C10H13F2N3O4S/c1-2-13-3-4-20(18,19)14-9-6-10(15(16)17)8(12)5-7(9)11/h5-6,13-14H,2-4H2,1H3. The highest BCUT2D eigenvalue weighted by molar-refractivity contribution is 7.92. The summed E-state index contributed by atoms with van der Waals surface area (Å²) in [6, 6.07) is 0.774. The molecule has 10 heteroatoms. The van der Waals surface area contributed by atoms with Crippen molar-refractivity contribution in [1.29, 1.82) is 0 Å². The first-order valence-corrected chi connectivity index (χ1v) is 7.26. The zero-order valence-electron chi connectivity index (χ0n) is 10.5. The van der Waals surface area contributed by atoms with Crippen molar-refractivity contribution in [3.05, 3.63) is 33.9 Å². The van der Waals surface area contributed by atoms with E-state index in [1.54, 1.807) is 6.92 Å². The van der Waals surface area contributed by atoms with E-state index in [-0.39, 0.29) is 18.4 Å². The minimum atomic E-state index is -3.88. The van der Waals surface area contributed by atoms with Gasteiger partial charge in [-0.05, 0) is 6.54 Å². The van der Waals surface area contributed by atoms with Crippen molar-refractivity contribution in [1.82, 2.24) is 5.32 Å². The van der Waals surface area contributed by atoms with Gasteiger partial charge in [-0.15, -0.1) is 0 Å². The number of nitrogens with zero attached hydrogens (tertiary/aromatic N) is 1. The highest BCUT2D eigenvalue weighted by atomic mass is 32.2. The molecule has 0 saturated heterocycles. The first-order valence-electron chi connectivity index (χ1n) is 5.61. The van der Waals surface area contributed by atoms with E-state index in [1.165, 1.54) is 0 Å². The fourth-order valence-corrected chi connectivity index (χ4v) is 2.36. The van der Waals surface area contributed by atoms with Gasteiger partial charge >= 0.3 is 5.69 Å². The molecule has 1 aromatic carbocycles.